The third-order valence-electron chi connectivity index (χ3n) is 2.73. The summed E-state index contributed by atoms with van der Waals surface area (Å²) in [6, 6.07) is 8.18. The Morgan fingerprint density at radius 3 is 2.67 bits per heavy atom. The summed E-state index contributed by atoms with van der Waals surface area (Å²) in [5.74, 6) is 1.55. The summed E-state index contributed by atoms with van der Waals surface area (Å²) >= 11 is 0. The second-order valence-corrected chi connectivity index (χ2v) is 3.91. The standard InChI is InChI=1S/C13H21NO/c1-3-6-11(10-14)9-12-7-4-5-8-13(12)15-2/h4-5,7-8,11H,3,6,9-10,14H2,1-2H3. The molecule has 0 fully saturated rings. The van der Waals surface area contributed by atoms with Gasteiger partial charge in [-0.25, -0.2) is 0 Å². The molecule has 0 bridgehead atoms. The number of para-hydroxylation sites is 1. The van der Waals surface area contributed by atoms with Gasteiger partial charge in [0.25, 0.3) is 0 Å². The van der Waals surface area contributed by atoms with E-state index in [1.165, 1.54) is 18.4 Å². The zero-order chi connectivity index (χ0) is 11.1. The van der Waals surface area contributed by atoms with Crippen molar-refractivity contribution < 1.29 is 4.74 Å². The second-order valence-electron chi connectivity index (χ2n) is 3.91. The van der Waals surface area contributed by atoms with Gasteiger partial charge in [-0.2, -0.15) is 0 Å². The van der Waals surface area contributed by atoms with Crippen LogP contribution in [0.1, 0.15) is 25.3 Å². The summed E-state index contributed by atoms with van der Waals surface area (Å²) in [5, 5.41) is 0. The van der Waals surface area contributed by atoms with Crippen molar-refractivity contribution in [3.63, 3.8) is 0 Å². The lowest BCUT2D eigenvalue weighted by molar-refractivity contribution is 0.401. The SMILES string of the molecule is CCCC(CN)Cc1ccccc1OC. The highest BCUT2D eigenvalue weighted by molar-refractivity contribution is 5.33. The van der Waals surface area contributed by atoms with Gasteiger partial charge >= 0.3 is 0 Å². The first kappa shape index (κ1) is 12.1. The van der Waals surface area contributed by atoms with Gasteiger partial charge < -0.3 is 10.5 Å². The fourth-order valence-electron chi connectivity index (χ4n) is 1.89. The van der Waals surface area contributed by atoms with Crippen molar-refractivity contribution >= 4 is 0 Å². The van der Waals surface area contributed by atoms with Gasteiger partial charge in [-0.1, -0.05) is 31.5 Å². The lowest BCUT2D eigenvalue weighted by atomic mass is 9.95. The molecule has 15 heavy (non-hydrogen) atoms. The second kappa shape index (κ2) is 6.46. The van der Waals surface area contributed by atoms with Crippen LogP contribution in [0.2, 0.25) is 0 Å². The molecule has 0 aromatic heterocycles. The van der Waals surface area contributed by atoms with Crippen LogP contribution in [0.5, 0.6) is 5.75 Å². The average molecular weight is 207 g/mol. The summed E-state index contributed by atoms with van der Waals surface area (Å²) < 4.78 is 5.33. The average Bonchev–Trinajstić information content (AvgIpc) is 2.29. The minimum atomic E-state index is 0.575. The van der Waals surface area contributed by atoms with Gasteiger partial charge in [-0.15, -0.1) is 0 Å². The van der Waals surface area contributed by atoms with E-state index in [2.05, 4.69) is 19.1 Å². The Kier molecular flexibility index (Phi) is 5.19. The van der Waals surface area contributed by atoms with Gasteiger partial charge in [0.2, 0.25) is 0 Å². The van der Waals surface area contributed by atoms with E-state index in [0.717, 1.165) is 18.7 Å². The molecule has 84 valence electrons. The van der Waals surface area contributed by atoms with Crippen LogP contribution in [0.15, 0.2) is 24.3 Å². The summed E-state index contributed by atoms with van der Waals surface area (Å²) in [7, 11) is 1.72. The first-order valence-electron chi connectivity index (χ1n) is 5.63. The number of nitrogens with two attached hydrogens (primary N) is 1. The topological polar surface area (TPSA) is 35.2 Å². The monoisotopic (exact) mass is 207 g/mol. The minimum Gasteiger partial charge on any atom is -0.496 e. The smallest absolute Gasteiger partial charge is 0.122 e. The molecule has 0 aliphatic carbocycles. The maximum absolute atomic E-state index is 5.76. The van der Waals surface area contributed by atoms with E-state index in [4.69, 9.17) is 10.5 Å². The molecule has 0 aliphatic heterocycles. The Morgan fingerprint density at radius 1 is 1.33 bits per heavy atom. The molecular formula is C13H21NO. The highest BCUT2D eigenvalue weighted by atomic mass is 16.5. The van der Waals surface area contributed by atoms with Gasteiger partial charge in [0.15, 0.2) is 0 Å². The first-order chi connectivity index (χ1) is 7.31. The van der Waals surface area contributed by atoms with Gasteiger partial charge in [-0.05, 0) is 36.9 Å². The number of ether oxygens (including phenoxy) is 1. The van der Waals surface area contributed by atoms with Crippen LogP contribution in [-0.4, -0.2) is 13.7 Å². The van der Waals surface area contributed by atoms with Crippen molar-refractivity contribution in [2.24, 2.45) is 11.7 Å². The number of methoxy groups -OCH3 is 1. The molecule has 1 aromatic rings. The Balaban J connectivity index is 2.69. The fraction of sp³-hybridized carbons (Fsp3) is 0.538. The maximum atomic E-state index is 5.76. The maximum Gasteiger partial charge on any atom is 0.122 e. The lowest BCUT2D eigenvalue weighted by Gasteiger charge is -2.15. The molecule has 2 heteroatoms. The van der Waals surface area contributed by atoms with E-state index in [9.17, 15) is 0 Å². The van der Waals surface area contributed by atoms with E-state index in [-0.39, 0.29) is 0 Å². The van der Waals surface area contributed by atoms with Crippen molar-refractivity contribution in [1.82, 2.24) is 0 Å². The van der Waals surface area contributed by atoms with Crippen LogP contribution < -0.4 is 10.5 Å². The summed E-state index contributed by atoms with van der Waals surface area (Å²) in [6.07, 6.45) is 3.40. The highest BCUT2D eigenvalue weighted by Gasteiger charge is 2.09. The summed E-state index contributed by atoms with van der Waals surface area (Å²) in [6.45, 7) is 2.96. The lowest BCUT2D eigenvalue weighted by Crippen LogP contribution is -2.16. The van der Waals surface area contributed by atoms with Crippen LogP contribution in [0, 0.1) is 5.92 Å². The minimum absolute atomic E-state index is 0.575. The predicted octanol–water partition coefficient (Wildman–Crippen LogP) is 2.61. The van der Waals surface area contributed by atoms with Gasteiger partial charge in [0.05, 0.1) is 7.11 Å². The zero-order valence-electron chi connectivity index (χ0n) is 9.70. The number of hydrogen-bond acceptors (Lipinski definition) is 2. The fourth-order valence-corrected chi connectivity index (χ4v) is 1.89. The van der Waals surface area contributed by atoms with Crippen LogP contribution >= 0.6 is 0 Å². The molecule has 1 rings (SSSR count). The molecule has 0 saturated heterocycles. The van der Waals surface area contributed by atoms with E-state index >= 15 is 0 Å². The van der Waals surface area contributed by atoms with Crippen LogP contribution in [-0.2, 0) is 6.42 Å². The Hall–Kier alpha value is -1.02. The van der Waals surface area contributed by atoms with E-state index < -0.39 is 0 Å². The molecule has 0 saturated carbocycles. The van der Waals surface area contributed by atoms with Crippen molar-refractivity contribution in [3.05, 3.63) is 29.8 Å². The van der Waals surface area contributed by atoms with E-state index in [0.29, 0.717) is 5.92 Å². The van der Waals surface area contributed by atoms with Gasteiger partial charge in [-0.3, -0.25) is 0 Å². The highest BCUT2D eigenvalue weighted by Crippen LogP contribution is 2.22. The van der Waals surface area contributed by atoms with Crippen molar-refractivity contribution in [2.45, 2.75) is 26.2 Å². The van der Waals surface area contributed by atoms with Crippen molar-refractivity contribution in [1.29, 1.82) is 0 Å². The Bertz CT molecular complexity index is 286. The normalized spacial score (nSPS) is 12.5. The molecule has 0 amide bonds. The van der Waals surface area contributed by atoms with Crippen LogP contribution in [0.4, 0.5) is 0 Å². The third kappa shape index (κ3) is 3.56. The van der Waals surface area contributed by atoms with Crippen molar-refractivity contribution in [2.75, 3.05) is 13.7 Å². The molecule has 1 atom stereocenters. The largest absolute Gasteiger partial charge is 0.496 e. The van der Waals surface area contributed by atoms with E-state index in [1.54, 1.807) is 7.11 Å². The Morgan fingerprint density at radius 2 is 2.07 bits per heavy atom. The van der Waals surface area contributed by atoms with E-state index in [1.807, 2.05) is 12.1 Å². The number of hydrogen-bond donors (Lipinski definition) is 1. The Labute approximate surface area is 92.4 Å². The quantitative estimate of drug-likeness (QED) is 0.778. The van der Waals surface area contributed by atoms with Crippen LogP contribution in [0.25, 0.3) is 0 Å². The molecule has 2 nitrogen and oxygen atoms in total. The molecule has 1 unspecified atom stereocenters. The number of rotatable bonds is 6. The zero-order valence-corrected chi connectivity index (χ0v) is 9.70. The first-order valence-corrected chi connectivity index (χ1v) is 5.63. The van der Waals surface area contributed by atoms with Gasteiger partial charge in [0, 0.05) is 0 Å². The molecule has 2 N–H and O–H groups in total. The molecular weight excluding hydrogens is 186 g/mol. The van der Waals surface area contributed by atoms with Gasteiger partial charge in [0.1, 0.15) is 5.75 Å². The molecule has 0 spiro atoms. The molecule has 0 heterocycles. The number of benzene rings is 1. The molecule has 1 aromatic carbocycles. The predicted molar refractivity (Wildman–Crippen MR) is 64.2 cm³/mol. The van der Waals surface area contributed by atoms with Crippen molar-refractivity contribution in [3.8, 4) is 5.75 Å². The third-order valence-corrected chi connectivity index (χ3v) is 2.73. The van der Waals surface area contributed by atoms with Crippen LogP contribution in [0.3, 0.4) is 0 Å². The summed E-state index contributed by atoms with van der Waals surface area (Å²) in [4.78, 5) is 0. The molecule has 0 radical (unpaired) electrons. The molecule has 0 aliphatic rings. The summed E-state index contributed by atoms with van der Waals surface area (Å²) in [5.41, 5.74) is 7.02.